The Balaban J connectivity index is 2.34. The number of hydrogen-bond donors (Lipinski definition) is 2. The average Bonchev–Trinajstić information content (AvgIpc) is 3.19. The first-order valence-electron chi connectivity index (χ1n) is 6.51. The minimum atomic E-state index is -0.212. The normalized spacial score (nSPS) is 16.7. The fourth-order valence-electron chi connectivity index (χ4n) is 2.28. The minimum absolute atomic E-state index is 0.0932. The molecule has 0 aromatic heterocycles. The highest BCUT2D eigenvalue weighted by molar-refractivity contribution is 5.56. The molecule has 2 rings (SSSR count). The summed E-state index contributed by atoms with van der Waals surface area (Å²) in [6, 6.07) is 5.50. The molecule has 0 heterocycles. The van der Waals surface area contributed by atoms with Crippen molar-refractivity contribution in [3.05, 3.63) is 29.6 Å². The molecule has 0 radical (unpaired) electrons. The van der Waals surface area contributed by atoms with Crippen LogP contribution in [0.3, 0.4) is 0 Å². The van der Waals surface area contributed by atoms with Gasteiger partial charge >= 0.3 is 0 Å². The molecule has 3 nitrogen and oxygen atoms in total. The summed E-state index contributed by atoms with van der Waals surface area (Å²) in [4.78, 5) is 2.20. The molecule has 0 bridgehead atoms. The molecule has 1 aromatic rings. The van der Waals surface area contributed by atoms with Gasteiger partial charge in [0.2, 0.25) is 0 Å². The number of halogens is 1. The van der Waals surface area contributed by atoms with E-state index in [-0.39, 0.29) is 18.5 Å². The van der Waals surface area contributed by atoms with Crippen molar-refractivity contribution in [3.8, 4) is 0 Å². The van der Waals surface area contributed by atoms with Crippen LogP contribution in [0.15, 0.2) is 18.2 Å². The molecular weight excluding hydrogens is 231 g/mol. The lowest BCUT2D eigenvalue weighted by molar-refractivity contribution is 0.301. The second-order valence-corrected chi connectivity index (χ2v) is 4.86. The topological polar surface area (TPSA) is 35.5 Å². The monoisotopic (exact) mass is 252 g/mol. The van der Waals surface area contributed by atoms with Gasteiger partial charge in [0.05, 0.1) is 6.61 Å². The lowest BCUT2D eigenvalue weighted by Gasteiger charge is -2.28. The number of benzene rings is 1. The van der Waals surface area contributed by atoms with Crippen molar-refractivity contribution < 1.29 is 9.50 Å². The van der Waals surface area contributed by atoms with E-state index in [4.69, 9.17) is 0 Å². The maximum atomic E-state index is 13.4. The highest BCUT2D eigenvalue weighted by Crippen LogP contribution is 2.35. The van der Waals surface area contributed by atoms with Gasteiger partial charge in [-0.15, -0.1) is 0 Å². The van der Waals surface area contributed by atoms with E-state index in [1.165, 1.54) is 6.07 Å². The van der Waals surface area contributed by atoms with Gasteiger partial charge in [-0.1, -0.05) is 0 Å². The van der Waals surface area contributed by atoms with Crippen LogP contribution in [0, 0.1) is 5.82 Å². The summed E-state index contributed by atoms with van der Waals surface area (Å²) in [6.45, 7) is 2.75. The summed E-state index contributed by atoms with van der Waals surface area (Å²) in [7, 11) is 1.87. The fraction of sp³-hybridized carbons (Fsp3) is 0.571. The van der Waals surface area contributed by atoms with Crippen molar-refractivity contribution >= 4 is 5.69 Å². The fourth-order valence-corrected chi connectivity index (χ4v) is 2.28. The highest BCUT2D eigenvalue weighted by Gasteiger charge is 2.30. The van der Waals surface area contributed by atoms with Crippen molar-refractivity contribution in [3.63, 3.8) is 0 Å². The first-order chi connectivity index (χ1) is 8.67. The van der Waals surface area contributed by atoms with Gasteiger partial charge in [-0.05, 0) is 50.6 Å². The van der Waals surface area contributed by atoms with Crippen molar-refractivity contribution in [1.29, 1.82) is 0 Å². The van der Waals surface area contributed by atoms with Crippen LogP contribution in [0.2, 0.25) is 0 Å². The second kappa shape index (κ2) is 5.67. The maximum absolute atomic E-state index is 13.4. The molecule has 1 unspecified atom stereocenters. The number of aliphatic hydroxyl groups excluding tert-OH is 1. The Morgan fingerprint density at radius 3 is 2.78 bits per heavy atom. The molecule has 0 aliphatic heterocycles. The van der Waals surface area contributed by atoms with Crippen LogP contribution in [-0.2, 0) is 0 Å². The smallest absolute Gasteiger partial charge is 0.123 e. The van der Waals surface area contributed by atoms with Crippen LogP contribution in [0.1, 0.15) is 31.4 Å². The molecule has 1 saturated carbocycles. The van der Waals surface area contributed by atoms with E-state index < -0.39 is 0 Å². The third kappa shape index (κ3) is 2.82. The molecule has 100 valence electrons. The second-order valence-electron chi connectivity index (χ2n) is 4.86. The molecule has 1 aliphatic rings. The van der Waals surface area contributed by atoms with Crippen LogP contribution in [0.5, 0.6) is 0 Å². The molecular formula is C14H21FN2O. The predicted octanol–water partition coefficient (Wildman–Crippen LogP) is 2.07. The summed E-state index contributed by atoms with van der Waals surface area (Å²) < 4.78 is 13.4. The summed E-state index contributed by atoms with van der Waals surface area (Å²) in [6.07, 6.45) is 2.31. The number of aliphatic hydroxyl groups is 1. The Morgan fingerprint density at radius 1 is 1.50 bits per heavy atom. The van der Waals surface area contributed by atoms with E-state index >= 15 is 0 Å². The average molecular weight is 252 g/mol. The zero-order chi connectivity index (χ0) is 13.1. The van der Waals surface area contributed by atoms with E-state index in [0.717, 1.165) is 24.1 Å². The number of nitrogens with one attached hydrogen (secondary N) is 1. The zero-order valence-corrected chi connectivity index (χ0v) is 11.0. The first-order valence-corrected chi connectivity index (χ1v) is 6.51. The molecule has 0 amide bonds. The molecule has 1 aliphatic carbocycles. The van der Waals surface area contributed by atoms with E-state index in [1.807, 2.05) is 20.0 Å². The van der Waals surface area contributed by atoms with Gasteiger partial charge in [0.25, 0.3) is 0 Å². The van der Waals surface area contributed by atoms with E-state index in [2.05, 4.69) is 10.2 Å². The van der Waals surface area contributed by atoms with Gasteiger partial charge < -0.3 is 15.3 Å². The first kappa shape index (κ1) is 13.3. The van der Waals surface area contributed by atoms with Gasteiger partial charge in [-0.3, -0.25) is 0 Å². The van der Waals surface area contributed by atoms with Crippen molar-refractivity contribution in [2.75, 3.05) is 25.1 Å². The summed E-state index contributed by atoms with van der Waals surface area (Å²) >= 11 is 0. The number of hydrogen-bond acceptors (Lipinski definition) is 3. The predicted molar refractivity (Wildman–Crippen MR) is 71.3 cm³/mol. The van der Waals surface area contributed by atoms with Crippen LogP contribution in [-0.4, -0.2) is 31.3 Å². The molecule has 4 heteroatoms. The van der Waals surface area contributed by atoms with Gasteiger partial charge in [-0.2, -0.15) is 0 Å². The van der Waals surface area contributed by atoms with Crippen molar-refractivity contribution in [2.24, 2.45) is 0 Å². The Bertz CT molecular complexity index is 407. The lowest BCUT2D eigenvalue weighted by Crippen LogP contribution is -2.31. The van der Waals surface area contributed by atoms with Crippen molar-refractivity contribution in [1.82, 2.24) is 5.32 Å². The number of rotatable bonds is 6. The lowest BCUT2D eigenvalue weighted by atomic mass is 10.0. The molecule has 18 heavy (non-hydrogen) atoms. The third-order valence-electron chi connectivity index (χ3n) is 3.53. The van der Waals surface area contributed by atoms with Gasteiger partial charge in [-0.25, -0.2) is 4.39 Å². The largest absolute Gasteiger partial charge is 0.395 e. The quantitative estimate of drug-likeness (QED) is 0.813. The Morgan fingerprint density at radius 2 is 2.22 bits per heavy atom. The molecule has 0 saturated heterocycles. The Hall–Kier alpha value is -1.13. The Labute approximate surface area is 108 Å². The summed E-state index contributed by atoms with van der Waals surface area (Å²) in [5.41, 5.74) is 1.99. The van der Waals surface area contributed by atoms with Gasteiger partial charge in [0, 0.05) is 24.3 Å². The SMILES string of the molecule is CNC(C)c1cc(F)ccc1N(CCO)C1CC1. The molecule has 2 N–H and O–H groups in total. The van der Waals surface area contributed by atoms with E-state index in [9.17, 15) is 9.50 Å². The maximum Gasteiger partial charge on any atom is 0.123 e. The van der Waals surface area contributed by atoms with Crippen LogP contribution < -0.4 is 10.2 Å². The number of nitrogens with zero attached hydrogens (tertiary/aromatic N) is 1. The minimum Gasteiger partial charge on any atom is -0.395 e. The molecule has 1 atom stereocenters. The van der Waals surface area contributed by atoms with E-state index in [0.29, 0.717) is 12.6 Å². The number of anilines is 1. The van der Waals surface area contributed by atoms with Crippen LogP contribution in [0.25, 0.3) is 0 Å². The standard InChI is InChI=1S/C14H21FN2O/c1-10(16-2)13-9-11(15)3-6-14(13)17(7-8-18)12-4-5-12/h3,6,9-10,12,16,18H,4-5,7-8H2,1-2H3. The molecule has 0 spiro atoms. The van der Waals surface area contributed by atoms with Crippen LogP contribution in [0.4, 0.5) is 10.1 Å². The van der Waals surface area contributed by atoms with E-state index in [1.54, 1.807) is 6.07 Å². The highest BCUT2D eigenvalue weighted by atomic mass is 19.1. The summed E-state index contributed by atoms with van der Waals surface area (Å²) in [5, 5.41) is 12.3. The van der Waals surface area contributed by atoms with Crippen LogP contribution >= 0.6 is 0 Å². The summed E-state index contributed by atoms with van der Waals surface area (Å²) in [5.74, 6) is -0.212. The van der Waals surface area contributed by atoms with Gasteiger partial charge in [0.1, 0.15) is 5.82 Å². The molecule has 1 fully saturated rings. The molecule has 1 aromatic carbocycles. The van der Waals surface area contributed by atoms with Gasteiger partial charge in [0.15, 0.2) is 0 Å². The van der Waals surface area contributed by atoms with Crippen molar-refractivity contribution in [2.45, 2.75) is 31.8 Å². The zero-order valence-electron chi connectivity index (χ0n) is 11.0. The third-order valence-corrected chi connectivity index (χ3v) is 3.53. The Kier molecular flexibility index (Phi) is 4.19.